The number of hydrogen-bond donors (Lipinski definition) is 1. The highest BCUT2D eigenvalue weighted by Gasteiger charge is 2.49. The van der Waals surface area contributed by atoms with Crippen molar-refractivity contribution in [1.82, 2.24) is 14.7 Å². The number of nitrogens with zero attached hydrogens (tertiary/aromatic N) is 4. The second-order valence-electron chi connectivity index (χ2n) is 6.72. The van der Waals surface area contributed by atoms with E-state index in [2.05, 4.69) is 20.0 Å². The number of anilines is 1. The molecule has 0 aromatic heterocycles. The zero-order chi connectivity index (χ0) is 14.4. The second kappa shape index (κ2) is 4.78. The van der Waals surface area contributed by atoms with Crippen molar-refractivity contribution in [3.05, 3.63) is 29.8 Å². The quantitative estimate of drug-likeness (QED) is 0.819. The van der Waals surface area contributed by atoms with Gasteiger partial charge in [-0.2, -0.15) is 0 Å². The Hall–Kier alpha value is -1.47. The predicted molar refractivity (Wildman–Crippen MR) is 79.7 cm³/mol. The van der Waals surface area contributed by atoms with Crippen LogP contribution in [0.4, 0.5) is 5.69 Å². The Kier molecular flexibility index (Phi) is 3.00. The molecule has 6 heteroatoms. The van der Waals surface area contributed by atoms with Crippen LogP contribution < -0.4 is 5.32 Å². The highest BCUT2D eigenvalue weighted by molar-refractivity contribution is 5.92. The largest absolute Gasteiger partial charge is 0.321 e. The number of quaternary nitrogens is 1. The van der Waals surface area contributed by atoms with Gasteiger partial charge < -0.3 is 5.32 Å². The predicted octanol–water partition coefficient (Wildman–Crippen LogP) is 0.442. The van der Waals surface area contributed by atoms with Crippen molar-refractivity contribution in [2.45, 2.75) is 6.92 Å². The summed E-state index contributed by atoms with van der Waals surface area (Å²) in [6, 6.07) is 7.95. The Morgan fingerprint density at radius 1 is 1.10 bits per heavy atom. The Labute approximate surface area is 125 Å². The molecule has 5 rings (SSSR count). The summed E-state index contributed by atoms with van der Waals surface area (Å²) in [7, 11) is 0. The third-order valence-electron chi connectivity index (χ3n) is 4.60. The number of rotatable bonds is 3. The van der Waals surface area contributed by atoms with Gasteiger partial charge in [-0.05, 0) is 18.6 Å². The van der Waals surface area contributed by atoms with Crippen LogP contribution in [0.1, 0.15) is 5.56 Å². The van der Waals surface area contributed by atoms with Crippen molar-refractivity contribution >= 4 is 11.6 Å². The lowest BCUT2D eigenvalue weighted by atomic mass is 10.2. The van der Waals surface area contributed by atoms with E-state index in [4.69, 9.17) is 0 Å². The number of hydrogen-bond acceptors (Lipinski definition) is 4. The van der Waals surface area contributed by atoms with Crippen LogP contribution >= 0.6 is 0 Å². The van der Waals surface area contributed by atoms with Crippen LogP contribution in [0.2, 0.25) is 0 Å². The molecule has 0 spiro atoms. The molecule has 1 aromatic rings. The fourth-order valence-corrected chi connectivity index (χ4v) is 4.02. The number of para-hydroxylation sites is 1. The molecule has 0 atom stereocenters. The minimum atomic E-state index is 0.120. The van der Waals surface area contributed by atoms with E-state index < -0.39 is 0 Å². The SMILES string of the molecule is Cc1ccccc1NC(=O)C[N+]12CN3CN(CN(C3)C1)C2. The van der Waals surface area contributed by atoms with Gasteiger partial charge in [-0.25, -0.2) is 14.7 Å². The van der Waals surface area contributed by atoms with E-state index in [-0.39, 0.29) is 5.91 Å². The van der Waals surface area contributed by atoms with E-state index in [0.29, 0.717) is 6.54 Å². The lowest BCUT2D eigenvalue weighted by Crippen LogP contribution is -2.80. The Balaban J connectivity index is 1.46. The first-order valence-corrected chi connectivity index (χ1v) is 7.50. The van der Waals surface area contributed by atoms with Crippen molar-refractivity contribution in [1.29, 1.82) is 0 Å². The summed E-state index contributed by atoms with van der Waals surface area (Å²) >= 11 is 0. The number of benzene rings is 1. The third-order valence-corrected chi connectivity index (χ3v) is 4.60. The van der Waals surface area contributed by atoms with Crippen LogP contribution in [0, 0.1) is 6.92 Å². The lowest BCUT2D eigenvalue weighted by molar-refractivity contribution is -0.973. The van der Waals surface area contributed by atoms with Crippen LogP contribution in [-0.4, -0.2) is 71.6 Å². The molecular weight excluding hydrogens is 266 g/mol. The molecule has 4 heterocycles. The maximum Gasteiger partial charge on any atom is 0.279 e. The van der Waals surface area contributed by atoms with Crippen LogP contribution in [0.5, 0.6) is 0 Å². The summed E-state index contributed by atoms with van der Waals surface area (Å²) < 4.78 is 0.845. The first-order valence-electron chi connectivity index (χ1n) is 7.50. The molecule has 4 aliphatic heterocycles. The smallest absolute Gasteiger partial charge is 0.279 e. The van der Waals surface area contributed by atoms with Crippen molar-refractivity contribution in [2.75, 3.05) is 51.9 Å². The van der Waals surface area contributed by atoms with Crippen LogP contribution in [-0.2, 0) is 4.79 Å². The first-order chi connectivity index (χ1) is 10.1. The molecule has 0 saturated carbocycles. The summed E-state index contributed by atoms with van der Waals surface area (Å²) in [6.07, 6.45) is 0. The van der Waals surface area contributed by atoms with Crippen molar-refractivity contribution < 1.29 is 9.28 Å². The summed E-state index contributed by atoms with van der Waals surface area (Å²) in [4.78, 5) is 19.8. The maximum absolute atomic E-state index is 12.5. The average Bonchev–Trinajstić information content (AvgIpc) is 2.39. The van der Waals surface area contributed by atoms with Gasteiger partial charge in [0.15, 0.2) is 6.54 Å². The first kappa shape index (κ1) is 13.2. The standard InChI is InChI=1S/C15H21N5O/c1-13-4-2-3-5-14(13)16-15(21)6-20-10-17-7-18(11-20)9-19(8-17)12-20/h2-5H,6-12H2,1H3/p+1. The molecule has 4 saturated heterocycles. The Morgan fingerprint density at radius 2 is 1.67 bits per heavy atom. The zero-order valence-electron chi connectivity index (χ0n) is 12.5. The molecule has 21 heavy (non-hydrogen) atoms. The fourth-order valence-electron chi connectivity index (χ4n) is 4.02. The minimum absolute atomic E-state index is 0.120. The van der Waals surface area contributed by atoms with Crippen molar-refractivity contribution in [3.63, 3.8) is 0 Å². The molecule has 112 valence electrons. The van der Waals surface area contributed by atoms with Crippen LogP contribution in [0.3, 0.4) is 0 Å². The molecule has 0 radical (unpaired) electrons. The van der Waals surface area contributed by atoms with Gasteiger partial charge in [0.1, 0.15) is 20.0 Å². The van der Waals surface area contributed by atoms with E-state index >= 15 is 0 Å². The molecule has 4 bridgehead atoms. The highest BCUT2D eigenvalue weighted by atomic mass is 16.2. The molecule has 0 aliphatic carbocycles. The van der Waals surface area contributed by atoms with E-state index in [1.165, 1.54) is 0 Å². The average molecular weight is 288 g/mol. The molecule has 6 nitrogen and oxygen atoms in total. The van der Waals surface area contributed by atoms with E-state index in [0.717, 1.165) is 55.7 Å². The van der Waals surface area contributed by atoms with E-state index in [9.17, 15) is 4.79 Å². The van der Waals surface area contributed by atoms with Gasteiger partial charge in [-0.3, -0.25) is 9.28 Å². The fraction of sp³-hybridized carbons (Fsp3) is 0.533. The van der Waals surface area contributed by atoms with Gasteiger partial charge in [0.25, 0.3) is 5.91 Å². The molecular formula is C15H22N5O+. The van der Waals surface area contributed by atoms with E-state index in [1.807, 2.05) is 31.2 Å². The zero-order valence-corrected chi connectivity index (χ0v) is 12.5. The normalized spacial score (nSPS) is 36.7. The molecule has 1 aromatic carbocycles. The summed E-state index contributed by atoms with van der Waals surface area (Å²) in [5.41, 5.74) is 2.04. The number of carbonyl (C=O) groups excluding carboxylic acids is 1. The van der Waals surface area contributed by atoms with Gasteiger partial charge >= 0.3 is 0 Å². The Morgan fingerprint density at radius 3 is 2.24 bits per heavy atom. The number of carbonyl (C=O) groups is 1. The van der Waals surface area contributed by atoms with Gasteiger partial charge in [-0.15, -0.1) is 0 Å². The molecule has 1 N–H and O–H groups in total. The van der Waals surface area contributed by atoms with Gasteiger partial charge in [0, 0.05) is 5.69 Å². The monoisotopic (exact) mass is 288 g/mol. The van der Waals surface area contributed by atoms with Crippen LogP contribution in [0.15, 0.2) is 24.3 Å². The topological polar surface area (TPSA) is 38.8 Å². The van der Waals surface area contributed by atoms with Gasteiger partial charge in [-0.1, -0.05) is 18.2 Å². The molecule has 0 unspecified atom stereocenters. The number of aryl methyl sites for hydroxylation is 1. The lowest BCUT2D eigenvalue weighted by Gasteiger charge is -2.60. The van der Waals surface area contributed by atoms with Crippen molar-refractivity contribution in [3.8, 4) is 0 Å². The van der Waals surface area contributed by atoms with Gasteiger partial charge in [0.05, 0.1) is 20.0 Å². The summed E-state index contributed by atoms with van der Waals surface area (Å²) in [6.45, 7) is 8.72. The number of amides is 1. The minimum Gasteiger partial charge on any atom is -0.321 e. The third kappa shape index (κ3) is 2.44. The summed E-state index contributed by atoms with van der Waals surface area (Å²) in [5, 5.41) is 3.08. The highest BCUT2D eigenvalue weighted by Crippen LogP contribution is 2.28. The summed E-state index contributed by atoms with van der Waals surface area (Å²) in [5.74, 6) is 0.120. The molecule has 4 aliphatic rings. The van der Waals surface area contributed by atoms with Crippen LogP contribution in [0.25, 0.3) is 0 Å². The number of nitrogens with one attached hydrogen (secondary N) is 1. The van der Waals surface area contributed by atoms with Gasteiger partial charge in [0.2, 0.25) is 0 Å². The molecule has 1 amide bonds. The van der Waals surface area contributed by atoms with Crippen molar-refractivity contribution in [2.24, 2.45) is 0 Å². The second-order valence-corrected chi connectivity index (χ2v) is 6.72. The van der Waals surface area contributed by atoms with E-state index in [1.54, 1.807) is 0 Å². The Bertz CT molecular complexity index is 538. The molecule has 4 fully saturated rings. The maximum atomic E-state index is 12.5.